The van der Waals surface area contributed by atoms with Gasteiger partial charge >= 0.3 is 0 Å². The van der Waals surface area contributed by atoms with E-state index >= 15 is 0 Å². The molecule has 0 aromatic rings. The molecule has 0 radical (unpaired) electrons. The van der Waals surface area contributed by atoms with E-state index in [2.05, 4.69) is 18.7 Å². The predicted octanol–water partition coefficient (Wildman–Crippen LogP) is 1.13. The minimum Gasteiger partial charge on any atom is -0.385 e. The first-order chi connectivity index (χ1) is 6.25. The molecule has 1 aliphatic rings. The van der Waals surface area contributed by atoms with Crippen LogP contribution in [0.4, 0.5) is 0 Å². The molecule has 0 aromatic heterocycles. The second-order valence-electron chi connectivity index (χ2n) is 3.82. The molecule has 1 rings (SSSR count). The molecule has 2 atom stereocenters. The maximum absolute atomic E-state index is 5.46. The molecule has 0 saturated carbocycles. The fraction of sp³-hybridized carbons (Fsp3) is 1.00. The molecule has 1 saturated heterocycles. The molecule has 1 heterocycles. The van der Waals surface area contributed by atoms with Gasteiger partial charge in [-0.3, -0.25) is 4.90 Å². The Kier molecular flexibility index (Phi) is 4.70. The van der Waals surface area contributed by atoms with Crippen LogP contribution in [0, 0.1) is 0 Å². The first-order valence-corrected chi connectivity index (χ1v) is 5.08. The van der Waals surface area contributed by atoms with Crippen LogP contribution in [0.2, 0.25) is 0 Å². The lowest BCUT2D eigenvalue weighted by Crippen LogP contribution is -2.49. The second-order valence-corrected chi connectivity index (χ2v) is 3.82. The summed E-state index contributed by atoms with van der Waals surface area (Å²) in [6.07, 6.45) is 1.12. The Balaban J connectivity index is 2.26. The molecule has 3 nitrogen and oxygen atoms in total. The monoisotopic (exact) mass is 187 g/mol. The lowest BCUT2D eigenvalue weighted by atomic mass is 10.1. The third-order valence-electron chi connectivity index (χ3n) is 2.62. The van der Waals surface area contributed by atoms with E-state index in [0.717, 1.165) is 32.8 Å². The average Bonchev–Trinajstić information content (AvgIpc) is 2.10. The van der Waals surface area contributed by atoms with Crippen LogP contribution < -0.4 is 0 Å². The van der Waals surface area contributed by atoms with E-state index in [1.165, 1.54) is 0 Å². The van der Waals surface area contributed by atoms with Crippen molar-refractivity contribution in [3.63, 3.8) is 0 Å². The summed E-state index contributed by atoms with van der Waals surface area (Å²) in [4.78, 5) is 2.50. The zero-order chi connectivity index (χ0) is 9.68. The summed E-state index contributed by atoms with van der Waals surface area (Å²) < 4.78 is 10.5. The molecule has 0 aromatic carbocycles. The Morgan fingerprint density at radius 2 is 1.92 bits per heavy atom. The topological polar surface area (TPSA) is 21.7 Å². The minimum atomic E-state index is 0.556. The van der Waals surface area contributed by atoms with Crippen LogP contribution in [0.25, 0.3) is 0 Å². The fourth-order valence-corrected chi connectivity index (χ4v) is 1.87. The molecular formula is C10H21NO2. The van der Waals surface area contributed by atoms with Crippen LogP contribution >= 0.6 is 0 Å². The van der Waals surface area contributed by atoms with Crippen LogP contribution in [0.3, 0.4) is 0 Å². The molecular weight excluding hydrogens is 166 g/mol. The molecule has 1 fully saturated rings. The van der Waals surface area contributed by atoms with Gasteiger partial charge in [0.25, 0.3) is 0 Å². The fourth-order valence-electron chi connectivity index (χ4n) is 1.87. The van der Waals surface area contributed by atoms with Crippen molar-refractivity contribution in [2.45, 2.75) is 32.4 Å². The molecule has 78 valence electrons. The quantitative estimate of drug-likeness (QED) is 0.616. The average molecular weight is 187 g/mol. The Morgan fingerprint density at radius 3 is 2.46 bits per heavy atom. The third kappa shape index (κ3) is 3.25. The molecule has 0 aliphatic carbocycles. The van der Waals surface area contributed by atoms with Gasteiger partial charge in [-0.2, -0.15) is 0 Å². The van der Waals surface area contributed by atoms with Crippen molar-refractivity contribution in [1.82, 2.24) is 4.90 Å². The third-order valence-corrected chi connectivity index (χ3v) is 2.62. The lowest BCUT2D eigenvalue weighted by molar-refractivity contribution is -0.0389. The highest BCUT2D eigenvalue weighted by Gasteiger charge is 2.24. The van der Waals surface area contributed by atoms with Crippen LogP contribution in [0.1, 0.15) is 20.3 Å². The number of ether oxygens (including phenoxy) is 2. The Hall–Kier alpha value is -0.120. The van der Waals surface area contributed by atoms with Gasteiger partial charge in [-0.15, -0.1) is 0 Å². The van der Waals surface area contributed by atoms with Gasteiger partial charge < -0.3 is 9.47 Å². The van der Waals surface area contributed by atoms with Crippen LogP contribution in [-0.2, 0) is 9.47 Å². The largest absolute Gasteiger partial charge is 0.385 e. The molecule has 1 aliphatic heterocycles. The van der Waals surface area contributed by atoms with Gasteiger partial charge in [0.1, 0.15) is 0 Å². The minimum absolute atomic E-state index is 0.556. The van der Waals surface area contributed by atoms with E-state index in [1.807, 2.05) is 0 Å². The van der Waals surface area contributed by atoms with E-state index < -0.39 is 0 Å². The highest BCUT2D eigenvalue weighted by Crippen LogP contribution is 2.12. The van der Waals surface area contributed by atoms with Crippen molar-refractivity contribution in [1.29, 1.82) is 0 Å². The van der Waals surface area contributed by atoms with E-state index in [0.29, 0.717) is 12.1 Å². The highest BCUT2D eigenvalue weighted by molar-refractivity contribution is 4.77. The Labute approximate surface area is 81.0 Å². The smallest absolute Gasteiger partial charge is 0.0620 e. The molecule has 3 heteroatoms. The van der Waals surface area contributed by atoms with Gasteiger partial charge in [-0.1, -0.05) is 0 Å². The van der Waals surface area contributed by atoms with Gasteiger partial charge in [0.15, 0.2) is 0 Å². The number of nitrogens with zero attached hydrogens (tertiary/aromatic N) is 1. The van der Waals surface area contributed by atoms with Crippen molar-refractivity contribution >= 4 is 0 Å². The van der Waals surface area contributed by atoms with E-state index in [1.54, 1.807) is 7.11 Å². The second kappa shape index (κ2) is 5.58. The van der Waals surface area contributed by atoms with Crippen molar-refractivity contribution < 1.29 is 9.47 Å². The summed E-state index contributed by atoms with van der Waals surface area (Å²) in [5, 5.41) is 0. The number of hydrogen-bond acceptors (Lipinski definition) is 3. The summed E-state index contributed by atoms with van der Waals surface area (Å²) >= 11 is 0. The Bertz CT molecular complexity index is 131. The lowest BCUT2D eigenvalue weighted by Gasteiger charge is -2.38. The zero-order valence-corrected chi connectivity index (χ0v) is 8.95. The number of methoxy groups -OCH3 is 1. The molecule has 0 unspecified atom stereocenters. The highest BCUT2D eigenvalue weighted by atomic mass is 16.5. The van der Waals surface area contributed by atoms with Crippen molar-refractivity contribution in [3.8, 4) is 0 Å². The standard InChI is InChI=1S/C10H21NO2/c1-9-7-13-8-10(2)11(9)5-4-6-12-3/h9-10H,4-8H2,1-3H3/t9-,10-/m1/s1. The first kappa shape index (κ1) is 11.0. The number of morpholine rings is 1. The number of hydrogen-bond donors (Lipinski definition) is 0. The van der Waals surface area contributed by atoms with E-state index in [9.17, 15) is 0 Å². The van der Waals surface area contributed by atoms with E-state index in [4.69, 9.17) is 9.47 Å². The van der Waals surface area contributed by atoms with Crippen molar-refractivity contribution in [2.24, 2.45) is 0 Å². The summed E-state index contributed by atoms with van der Waals surface area (Å²) in [5.74, 6) is 0. The van der Waals surface area contributed by atoms with Crippen LogP contribution in [0.15, 0.2) is 0 Å². The van der Waals surface area contributed by atoms with Gasteiger partial charge in [0, 0.05) is 32.3 Å². The summed E-state index contributed by atoms with van der Waals surface area (Å²) in [7, 11) is 1.76. The molecule has 0 amide bonds. The normalized spacial score (nSPS) is 30.7. The van der Waals surface area contributed by atoms with Crippen LogP contribution in [-0.4, -0.2) is 50.5 Å². The maximum atomic E-state index is 5.46. The van der Waals surface area contributed by atoms with Gasteiger partial charge in [-0.05, 0) is 20.3 Å². The van der Waals surface area contributed by atoms with Gasteiger partial charge in [0.05, 0.1) is 13.2 Å². The molecule has 13 heavy (non-hydrogen) atoms. The van der Waals surface area contributed by atoms with Crippen molar-refractivity contribution in [2.75, 3.05) is 33.5 Å². The first-order valence-electron chi connectivity index (χ1n) is 5.08. The van der Waals surface area contributed by atoms with Crippen molar-refractivity contribution in [3.05, 3.63) is 0 Å². The predicted molar refractivity (Wildman–Crippen MR) is 52.9 cm³/mol. The summed E-state index contributed by atoms with van der Waals surface area (Å²) in [6.45, 7) is 8.18. The van der Waals surface area contributed by atoms with E-state index in [-0.39, 0.29) is 0 Å². The maximum Gasteiger partial charge on any atom is 0.0620 e. The molecule has 0 spiro atoms. The SMILES string of the molecule is COCCCN1[C@H](C)COC[C@H]1C. The zero-order valence-electron chi connectivity index (χ0n) is 8.95. The van der Waals surface area contributed by atoms with Gasteiger partial charge in [-0.25, -0.2) is 0 Å². The summed E-state index contributed by atoms with van der Waals surface area (Å²) in [5.41, 5.74) is 0. The van der Waals surface area contributed by atoms with Crippen LogP contribution in [0.5, 0.6) is 0 Å². The van der Waals surface area contributed by atoms with Gasteiger partial charge in [0.2, 0.25) is 0 Å². The summed E-state index contributed by atoms with van der Waals surface area (Å²) in [6, 6.07) is 1.11. The molecule has 0 bridgehead atoms. The number of rotatable bonds is 4. The Morgan fingerprint density at radius 1 is 1.31 bits per heavy atom. The molecule has 0 N–H and O–H groups in total.